The van der Waals surface area contributed by atoms with Crippen LogP contribution in [-0.4, -0.2) is 12.1 Å². The number of hydrogen-bond acceptors (Lipinski definition) is 2. The molecule has 102 valence electrons. The van der Waals surface area contributed by atoms with Gasteiger partial charge in [0.1, 0.15) is 6.10 Å². The Morgan fingerprint density at radius 2 is 1.59 bits per heavy atom. The molecule has 0 aliphatic carbocycles. The summed E-state index contributed by atoms with van der Waals surface area (Å²) in [4.78, 5) is 11.6. The standard InChI is InChI=1S/C15H30O2/c1-4-7-9-11-13-15(16)17-14(6-3)12-10-8-5-2/h14H,4-13H2,1-3H3/t14-/m1/s1. The van der Waals surface area contributed by atoms with Crippen LogP contribution >= 0.6 is 0 Å². The Hall–Kier alpha value is -0.530. The Labute approximate surface area is 107 Å². The molecule has 0 spiro atoms. The highest BCUT2D eigenvalue weighted by molar-refractivity contribution is 5.69. The highest BCUT2D eigenvalue weighted by Crippen LogP contribution is 2.12. The molecular formula is C15H30O2. The summed E-state index contributed by atoms with van der Waals surface area (Å²) in [7, 11) is 0. The molecule has 0 heterocycles. The van der Waals surface area contributed by atoms with Crippen LogP contribution in [0.1, 0.15) is 85.0 Å². The van der Waals surface area contributed by atoms with Crippen LogP contribution in [0.4, 0.5) is 0 Å². The Bertz CT molecular complexity index is 178. The van der Waals surface area contributed by atoms with Gasteiger partial charge in [0.05, 0.1) is 0 Å². The minimum atomic E-state index is 0.00412. The van der Waals surface area contributed by atoms with Crippen molar-refractivity contribution in [1.29, 1.82) is 0 Å². The molecule has 0 amide bonds. The second kappa shape index (κ2) is 11.9. The molecule has 17 heavy (non-hydrogen) atoms. The van der Waals surface area contributed by atoms with Gasteiger partial charge in [-0.25, -0.2) is 0 Å². The van der Waals surface area contributed by atoms with E-state index in [2.05, 4.69) is 20.8 Å². The van der Waals surface area contributed by atoms with Crippen molar-refractivity contribution in [3.05, 3.63) is 0 Å². The summed E-state index contributed by atoms with van der Waals surface area (Å²) in [6.45, 7) is 6.47. The molecule has 0 aromatic heterocycles. The second-order valence-corrected chi connectivity index (χ2v) is 4.83. The second-order valence-electron chi connectivity index (χ2n) is 4.83. The van der Waals surface area contributed by atoms with Crippen LogP contribution in [0.25, 0.3) is 0 Å². The molecule has 0 saturated heterocycles. The molecule has 2 nitrogen and oxygen atoms in total. The molecule has 0 N–H and O–H groups in total. The first-order valence-corrected chi connectivity index (χ1v) is 7.44. The van der Waals surface area contributed by atoms with Crippen molar-refractivity contribution in [2.45, 2.75) is 91.1 Å². The topological polar surface area (TPSA) is 26.3 Å². The summed E-state index contributed by atoms with van der Waals surface area (Å²) in [6.07, 6.45) is 10.9. The van der Waals surface area contributed by atoms with Crippen molar-refractivity contribution in [2.24, 2.45) is 0 Å². The van der Waals surface area contributed by atoms with Crippen LogP contribution in [0, 0.1) is 0 Å². The molecule has 0 aliphatic rings. The van der Waals surface area contributed by atoms with E-state index in [4.69, 9.17) is 4.74 Å². The van der Waals surface area contributed by atoms with Crippen LogP contribution in [0.2, 0.25) is 0 Å². The summed E-state index contributed by atoms with van der Waals surface area (Å²) in [5.74, 6) is 0.00412. The van der Waals surface area contributed by atoms with Crippen LogP contribution in [0.5, 0.6) is 0 Å². The number of carbonyl (C=O) groups is 1. The first kappa shape index (κ1) is 16.5. The predicted octanol–water partition coefficient (Wildman–Crippen LogP) is 4.86. The van der Waals surface area contributed by atoms with Gasteiger partial charge in [-0.3, -0.25) is 4.79 Å². The highest BCUT2D eigenvalue weighted by Gasteiger charge is 2.11. The van der Waals surface area contributed by atoms with Crippen molar-refractivity contribution in [3.63, 3.8) is 0 Å². The number of rotatable bonds is 11. The molecule has 1 atom stereocenters. The van der Waals surface area contributed by atoms with Gasteiger partial charge in [-0.1, -0.05) is 52.9 Å². The quantitative estimate of drug-likeness (QED) is 0.382. The molecule has 0 bridgehead atoms. The Balaban J connectivity index is 3.59. The molecular weight excluding hydrogens is 212 g/mol. The summed E-state index contributed by atoms with van der Waals surface area (Å²) >= 11 is 0. The fraction of sp³-hybridized carbons (Fsp3) is 0.933. The average molecular weight is 242 g/mol. The maximum Gasteiger partial charge on any atom is 0.306 e. The van der Waals surface area contributed by atoms with Crippen molar-refractivity contribution < 1.29 is 9.53 Å². The Morgan fingerprint density at radius 1 is 0.941 bits per heavy atom. The average Bonchev–Trinajstić information content (AvgIpc) is 2.33. The Morgan fingerprint density at radius 3 is 2.18 bits per heavy atom. The molecule has 0 rings (SSSR count). The number of esters is 1. The van der Waals surface area contributed by atoms with Gasteiger partial charge in [0.25, 0.3) is 0 Å². The van der Waals surface area contributed by atoms with Crippen molar-refractivity contribution in [3.8, 4) is 0 Å². The lowest BCUT2D eigenvalue weighted by Gasteiger charge is -2.15. The van der Waals surface area contributed by atoms with Gasteiger partial charge in [-0.2, -0.15) is 0 Å². The fourth-order valence-corrected chi connectivity index (χ4v) is 1.91. The number of carbonyl (C=O) groups excluding carboxylic acids is 1. The monoisotopic (exact) mass is 242 g/mol. The van der Waals surface area contributed by atoms with Gasteiger partial charge in [-0.05, 0) is 25.7 Å². The van der Waals surface area contributed by atoms with Crippen molar-refractivity contribution in [1.82, 2.24) is 0 Å². The zero-order chi connectivity index (χ0) is 12.9. The van der Waals surface area contributed by atoms with Gasteiger partial charge in [0, 0.05) is 6.42 Å². The van der Waals surface area contributed by atoms with E-state index < -0.39 is 0 Å². The lowest BCUT2D eigenvalue weighted by Crippen LogP contribution is -2.17. The third kappa shape index (κ3) is 10.3. The van der Waals surface area contributed by atoms with Gasteiger partial charge in [-0.15, -0.1) is 0 Å². The summed E-state index contributed by atoms with van der Waals surface area (Å²) in [5.41, 5.74) is 0. The highest BCUT2D eigenvalue weighted by atomic mass is 16.5. The predicted molar refractivity (Wildman–Crippen MR) is 73.1 cm³/mol. The maximum absolute atomic E-state index is 11.6. The number of unbranched alkanes of at least 4 members (excludes halogenated alkanes) is 5. The van der Waals surface area contributed by atoms with Crippen molar-refractivity contribution in [2.75, 3.05) is 0 Å². The maximum atomic E-state index is 11.6. The third-order valence-corrected chi connectivity index (χ3v) is 3.12. The minimum absolute atomic E-state index is 0.00412. The molecule has 0 unspecified atom stereocenters. The van der Waals surface area contributed by atoms with E-state index in [9.17, 15) is 4.79 Å². The largest absolute Gasteiger partial charge is 0.462 e. The first-order valence-electron chi connectivity index (χ1n) is 7.44. The fourth-order valence-electron chi connectivity index (χ4n) is 1.91. The van der Waals surface area contributed by atoms with Crippen LogP contribution < -0.4 is 0 Å². The van der Waals surface area contributed by atoms with Crippen LogP contribution in [0.3, 0.4) is 0 Å². The van der Waals surface area contributed by atoms with Crippen LogP contribution in [-0.2, 0) is 9.53 Å². The van der Waals surface area contributed by atoms with E-state index >= 15 is 0 Å². The molecule has 2 heteroatoms. The van der Waals surface area contributed by atoms with E-state index in [1.807, 2.05) is 0 Å². The lowest BCUT2D eigenvalue weighted by atomic mass is 10.1. The molecule has 0 fully saturated rings. The zero-order valence-electron chi connectivity index (χ0n) is 12.0. The molecule has 0 aromatic rings. The SMILES string of the molecule is CCCCCCC(=O)O[C@H](CC)CCCCC. The minimum Gasteiger partial charge on any atom is -0.462 e. The van der Waals surface area contributed by atoms with Gasteiger partial charge in [0.15, 0.2) is 0 Å². The van der Waals surface area contributed by atoms with Crippen LogP contribution in [0.15, 0.2) is 0 Å². The summed E-state index contributed by atoms with van der Waals surface area (Å²) in [5, 5.41) is 0. The molecule has 0 aromatic carbocycles. The first-order chi connectivity index (χ1) is 8.24. The van der Waals surface area contributed by atoms with Crippen molar-refractivity contribution >= 4 is 5.97 Å². The third-order valence-electron chi connectivity index (χ3n) is 3.12. The number of hydrogen-bond donors (Lipinski definition) is 0. The van der Waals surface area contributed by atoms with E-state index in [-0.39, 0.29) is 12.1 Å². The molecule has 0 saturated carbocycles. The smallest absolute Gasteiger partial charge is 0.306 e. The Kier molecular flexibility index (Phi) is 11.6. The zero-order valence-corrected chi connectivity index (χ0v) is 12.0. The molecule has 0 aliphatic heterocycles. The van der Waals surface area contributed by atoms with E-state index in [1.54, 1.807) is 0 Å². The lowest BCUT2D eigenvalue weighted by molar-refractivity contribution is -0.149. The number of ether oxygens (including phenoxy) is 1. The van der Waals surface area contributed by atoms with E-state index in [0.717, 1.165) is 25.7 Å². The van der Waals surface area contributed by atoms with Gasteiger partial charge < -0.3 is 4.74 Å². The van der Waals surface area contributed by atoms with Gasteiger partial charge in [0.2, 0.25) is 0 Å². The van der Waals surface area contributed by atoms with E-state index in [0.29, 0.717) is 6.42 Å². The summed E-state index contributed by atoms with van der Waals surface area (Å²) < 4.78 is 5.49. The van der Waals surface area contributed by atoms with Gasteiger partial charge >= 0.3 is 5.97 Å². The molecule has 0 radical (unpaired) electrons. The normalized spacial score (nSPS) is 12.4. The summed E-state index contributed by atoms with van der Waals surface area (Å²) in [6, 6.07) is 0. The van der Waals surface area contributed by atoms with E-state index in [1.165, 1.54) is 32.1 Å².